The molecule has 1 fully saturated rings. The van der Waals surface area contributed by atoms with Gasteiger partial charge in [-0.2, -0.15) is 0 Å². The molecule has 1 aromatic rings. The maximum Gasteiger partial charge on any atom is 0.0744 e. The topological polar surface area (TPSA) is 60.2 Å². The van der Waals surface area contributed by atoms with E-state index in [0.29, 0.717) is 5.02 Å². The lowest BCUT2D eigenvalue weighted by Gasteiger charge is -2.30. The van der Waals surface area contributed by atoms with Gasteiger partial charge in [0.05, 0.1) is 17.2 Å². The van der Waals surface area contributed by atoms with Crippen molar-refractivity contribution >= 4 is 11.6 Å². The highest BCUT2D eigenvalue weighted by Gasteiger charge is 2.24. The van der Waals surface area contributed by atoms with E-state index in [1.807, 2.05) is 6.07 Å². The average molecular weight is 256 g/mol. The summed E-state index contributed by atoms with van der Waals surface area (Å²) in [5, 5.41) is 0.684. The number of hydrogen-bond acceptors (Lipinski definition) is 4. The molecule has 1 saturated heterocycles. The van der Waals surface area contributed by atoms with Crippen molar-refractivity contribution < 1.29 is 4.74 Å². The van der Waals surface area contributed by atoms with Gasteiger partial charge in [-0.3, -0.25) is 16.3 Å². The van der Waals surface area contributed by atoms with Crippen LogP contribution in [0.4, 0.5) is 0 Å². The zero-order valence-electron chi connectivity index (χ0n) is 9.73. The molecule has 5 heteroatoms. The normalized spacial score (nSPS) is 22.4. The maximum absolute atomic E-state index is 6.09. The van der Waals surface area contributed by atoms with Crippen LogP contribution >= 0.6 is 11.6 Å². The zero-order valence-corrected chi connectivity index (χ0v) is 10.5. The SMILES string of the molecule is NNC(Cc1ccncc1Cl)C1CCCCO1. The van der Waals surface area contributed by atoms with Crippen molar-refractivity contribution in [2.75, 3.05) is 6.61 Å². The van der Waals surface area contributed by atoms with Gasteiger partial charge in [0.1, 0.15) is 0 Å². The summed E-state index contributed by atoms with van der Waals surface area (Å²) in [7, 11) is 0. The van der Waals surface area contributed by atoms with E-state index >= 15 is 0 Å². The number of ether oxygens (including phenoxy) is 1. The third kappa shape index (κ3) is 3.39. The van der Waals surface area contributed by atoms with Crippen molar-refractivity contribution in [3.63, 3.8) is 0 Å². The second-order valence-corrected chi connectivity index (χ2v) is 4.76. The van der Waals surface area contributed by atoms with Gasteiger partial charge >= 0.3 is 0 Å². The number of pyridine rings is 1. The fourth-order valence-corrected chi connectivity index (χ4v) is 2.38. The lowest BCUT2D eigenvalue weighted by molar-refractivity contribution is -0.00744. The van der Waals surface area contributed by atoms with Crippen molar-refractivity contribution in [3.05, 3.63) is 29.0 Å². The second-order valence-electron chi connectivity index (χ2n) is 4.35. The summed E-state index contributed by atoms with van der Waals surface area (Å²) in [6, 6.07) is 2.03. The molecule has 0 radical (unpaired) electrons. The summed E-state index contributed by atoms with van der Waals surface area (Å²) in [4.78, 5) is 3.98. The Morgan fingerprint density at radius 2 is 2.47 bits per heavy atom. The van der Waals surface area contributed by atoms with E-state index in [1.165, 1.54) is 6.42 Å². The van der Waals surface area contributed by atoms with Crippen molar-refractivity contribution in [1.29, 1.82) is 0 Å². The Hall–Kier alpha value is -0.680. The number of halogens is 1. The van der Waals surface area contributed by atoms with Gasteiger partial charge in [0.25, 0.3) is 0 Å². The largest absolute Gasteiger partial charge is 0.377 e. The number of aromatic nitrogens is 1. The molecule has 0 saturated carbocycles. The number of nitrogens with one attached hydrogen (secondary N) is 1. The van der Waals surface area contributed by atoms with Gasteiger partial charge in [-0.05, 0) is 37.3 Å². The van der Waals surface area contributed by atoms with Crippen molar-refractivity contribution in [2.24, 2.45) is 5.84 Å². The van der Waals surface area contributed by atoms with Gasteiger partial charge in [-0.1, -0.05) is 11.6 Å². The van der Waals surface area contributed by atoms with Crippen LogP contribution in [0.15, 0.2) is 18.5 Å². The van der Waals surface area contributed by atoms with Crippen LogP contribution in [0.2, 0.25) is 5.02 Å². The van der Waals surface area contributed by atoms with E-state index in [-0.39, 0.29) is 12.1 Å². The van der Waals surface area contributed by atoms with Crippen LogP contribution in [-0.2, 0) is 11.2 Å². The maximum atomic E-state index is 6.09. The minimum absolute atomic E-state index is 0.107. The molecule has 94 valence electrons. The van der Waals surface area contributed by atoms with Gasteiger partial charge < -0.3 is 4.74 Å². The summed E-state index contributed by atoms with van der Waals surface area (Å²) in [6.45, 7) is 0.826. The lowest BCUT2D eigenvalue weighted by Crippen LogP contribution is -2.47. The molecule has 0 aliphatic carbocycles. The molecule has 2 unspecified atom stereocenters. The van der Waals surface area contributed by atoms with Crippen LogP contribution in [0.5, 0.6) is 0 Å². The zero-order chi connectivity index (χ0) is 12.1. The van der Waals surface area contributed by atoms with Gasteiger partial charge in [0, 0.05) is 19.0 Å². The molecule has 2 heterocycles. The number of hydrogen-bond donors (Lipinski definition) is 2. The highest BCUT2D eigenvalue weighted by atomic mass is 35.5. The van der Waals surface area contributed by atoms with Crippen LogP contribution in [0.1, 0.15) is 24.8 Å². The van der Waals surface area contributed by atoms with E-state index in [4.69, 9.17) is 22.2 Å². The van der Waals surface area contributed by atoms with Gasteiger partial charge in [0.2, 0.25) is 0 Å². The Kier molecular flexibility index (Phi) is 4.74. The second kappa shape index (κ2) is 6.31. The third-order valence-electron chi connectivity index (χ3n) is 3.17. The molecule has 0 aromatic carbocycles. The molecule has 1 aliphatic rings. The number of nitrogens with zero attached hydrogens (tertiary/aromatic N) is 1. The summed E-state index contributed by atoms with van der Waals surface area (Å²) in [5.41, 5.74) is 3.90. The number of hydrazine groups is 1. The molecule has 1 aromatic heterocycles. The first-order chi connectivity index (χ1) is 8.31. The number of nitrogens with two attached hydrogens (primary N) is 1. The van der Waals surface area contributed by atoms with Gasteiger partial charge in [0.15, 0.2) is 0 Å². The van der Waals surface area contributed by atoms with Crippen molar-refractivity contribution in [2.45, 2.75) is 37.8 Å². The molecular weight excluding hydrogens is 238 g/mol. The lowest BCUT2D eigenvalue weighted by atomic mass is 9.97. The molecule has 0 spiro atoms. The summed E-state index contributed by atoms with van der Waals surface area (Å²) < 4.78 is 5.74. The van der Waals surface area contributed by atoms with Gasteiger partial charge in [-0.25, -0.2) is 0 Å². The van der Waals surface area contributed by atoms with E-state index in [2.05, 4.69) is 10.4 Å². The van der Waals surface area contributed by atoms with E-state index < -0.39 is 0 Å². The molecular formula is C12H18ClN3O. The fraction of sp³-hybridized carbons (Fsp3) is 0.583. The Labute approximate surface area is 106 Å². The smallest absolute Gasteiger partial charge is 0.0744 e. The quantitative estimate of drug-likeness (QED) is 0.635. The van der Waals surface area contributed by atoms with Gasteiger partial charge in [-0.15, -0.1) is 0 Å². The number of rotatable bonds is 4. The van der Waals surface area contributed by atoms with E-state index in [1.54, 1.807) is 12.4 Å². The highest BCUT2D eigenvalue weighted by Crippen LogP contribution is 2.21. The standard InChI is InChI=1S/C12H18ClN3O/c13-10-8-15-5-4-9(10)7-11(16-14)12-3-1-2-6-17-12/h4-5,8,11-12,16H,1-3,6-7,14H2. The monoisotopic (exact) mass is 255 g/mol. The molecule has 0 amide bonds. The highest BCUT2D eigenvalue weighted by molar-refractivity contribution is 6.31. The van der Waals surface area contributed by atoms with Crippen LogP contribution in [0, 0.1) is 0 Å². The van der Waals surface area contributed by atoms with E-state index in [9.17, 15) is 0 Å². The molecule has 1 aliphatic heterocycles. The predicted octanol–water partition coefficient (Wildman–Crippen LogP) is 1.68. The molecule has 4 nitrogen and oxygen atoms in total. The average Bonchev–Trinajstić information content (AvgIpc) is 2.39. The first kappa shape index (κ1) is 12.8. The molecule has 3 N–H and O–H groups in total. The van der Waals surface area contributed by atoms with Crippen LogP contribution in [0.3, 0.4) is 0 Å². The molecule has 2 atom stereocenters. The Bertz CT molecular complexity index is 355. The molecule has 2 rings (SSSR count). The Morgan fingerprint density at radius 1 is 1.59 bits per heavy atom. The first-order valence-corrected chi connectivity index (χ1v) is 6.35. The Balaban J connectivity index is 2.01. The summed E-state index contributed by atoms with van der Waals surface area (Å²) >= 11 is 6.09. The van der Waals surface area contributed by atoms with Crippen LogP contribution in [-0.4, -0.2) is 23.7 Å². The molecule has 0 bridgehead atoms. The Morgan fingerprint density at radius 3 is 3.12 bits per heavy atom. The first-order valence-electron chi connectivity index (χ1n) is 5.97. The van der Waals surface area contributed by atoms with Crippen molar-refractivity contribution in [1.82, 2.24) is 10.4 Å². The van der Waals surface area contributed by atoms with E-state index in [0.717, 1.165) is 31.4 Å². The minimum atomic E-state index is 0.107. The van der Waals surface area contributed by atoms with Crippen molar-refractivity contribution in [3.8, 4) is 0 Å². The summed E-state index contributed by atoms with van der Waals surface area (Å²) in [5.74, 6) is 5.61. The fourth-order valence-electron chi connectivity index (χ4n) is 2.19. The predicted molar refractivity (Wildman–Crippen MR) is 67.7 cm³/mol. The summed E-state index contributed by atoms with van der Waals surface area (Å²) in [6.07, 6.45) is 7.75. The minimum Gasteiger partial charge on any atom is -0.377 e. The van der Waals surface area contributed by atoms with Crippen LogP contribution in [0.25, 0.3) is 0 Å². The molecule has 17 heavy (non-hydrogen) atoms. The van der Waals surface area contributed by atoms with Crippen LogP contribution < -0.4 is 11.3 Å². The third-order valence-corrected chi connectivity index (χ3v) is 3.51.